The number of carbonyl (C=O) groups excluding carboxylic acids is 4. The fourth-order valence-electron chi connectivity index (χ4n) is 4.67. The van der Waals surface area contributed by atoms with E-state index in [4.69, 9.17) is 0 Å². The predicted octanol–water partition coefficient (Wildman–Crippen LogP) is 1.37. The van der Waals surface area contributed by atoms with E-state index >= 15 is 0 Å². The second kappa shape index (κ2) is 7.59. The highest BCUT2D eigenvalue weighted by atomic mass is 16.2. The van der Waals surface area contributed by atoms with Crippen LogP contribution in [0.2, 0.25) is 0 Å². The second-order valence-electron chi connectivity index (χ2n) is 8.27. The molecule has 4 rings (SSSR count). The van der Waals surface area contributed by atoms with Crippen LogP contribution in [-0.2, 0) is 9.59 Å². The van der Waals surface area contributed by atoms with Gasteiger partial charge in [-0.3, -0.25) is 29.4 Å². The summed E-state index contributed by atoms with van der Waals surface area (Å²) in [6.45, 7) is 0. The number of amides is 4. The minimum absolute atomic E-state index is 0.115. The van der Waals surface area contributed by atoms with E-state index in [1.54, 1.807) is 12.1 Å². The first kappa shape index (κ1) is 19.6. The molecule has 2 heterocycles. The van der Waals surface area contributed by atoms with Crippen LogP contribution in [0.3, 0.4) is 0 Å². The number of imide groups is 2. The van der Waals surface area contributed by atoms with Crippen LogP contribution in [0.15, 0.2) is 18.2 Å². The zero-order valence-corrected chi connectivity index (χ0v) is 16.7. The van der Waals surface area contributed by atoms with Crippen molar-refractivity contribution in [3.05, 3.63) is 29.3 Å². The molecule has 29 heavy (non-hydrogen) atoms. The van der Waals surface area contributed by atoms with Crippen molar-refractivity contribution in [1.82, 2.24) is 15.1 Å². The molecule has 1 aromatic carbocycles. The highest BCUT2D eigenvalue weighted by Gasteiger charge is 2.44. The minimum Gasteiger partial charge on any atom is -0.381 e. The quantitative estimate of drug-likeness (QED) is 0.744. The molecule has 2 fully saturated rings. The number of carbonyl (C=O) groups is 4. The standard InChI is InChI=1S/C21H26N4O4/c1-24(2)16-6-4-3-5-15(16)22-12-7-8-13-14(11-12)21(29)25(20(13)28)17-9-10-18(26)23-19(17)27/h7-8,11,15-17,22H,3-6,9-10H2,1-2H3,(H,23,26,27)/t15?,16-,17?/m0/s1. The molecule has 2 unspecified atom stereocenters. The monoisotopic (exact) mass is 398 g/mol. The zero-order chi connectivity index (χ0) is 20.7. The zero-order valence-electron chi connectivity index (χ0n) is 16.7. The Balaban J connectivity index is 1.55. The van der Waals surface area contributed by atoms with Crippen LogP contribution >= 0.6 is 0 Å². The SMILES string of the molecule is CN(C)[C@H]1CCCCC1Nc1ccc2c(c1)C(=O)N(C1CCC(=O)NC1=O)C2=O. The lowest BCUT2D eigenvalue weighted by Gasteiger charge is -2.37. The number of hydrogen-bond acceptors (Lipinski definition) is 6. The van der Waals surface area contributed by atoms with E-state index in [0.29, 0.717) is 17.2 Å². The normalized spacial score (nSPS) is 27.3. The minimum atomic E-state index is -0.937. The van der Waals surface area contributed by atoms with E-state index in [9.17, 15) is 19.2 Å². The van der Waals surface area contributed by atoms with E-state index < -0.39 is 23.8 Å². The van der Waals surface area contributed by atoms with Gasteiger partial charge >= 0.3 is 0 Å². The molecule has 1 aliphatic carbocycles. The number of nitrogens with zero attached hydrogens (tertiary/aromatic N) is 2. The maximum atomic E-state index is 13.0. The van der Waals surface area contributed by atoms with Gasteiger partial charge in [-0.1, -0.05) is 12.8 Å². The molecule has 2 aliphatic heterocycles. The second-order valence-corrected chi connectivity index (χ2v) is 8.27. The van der Waals surface area contributed by atoms with Gasteiger partial charge in [-0.15, -0.1) is 0 Å². The summed E-state index contributed by atoms with van der Waals surface area (Å²) in [5, 5.41) is 5.75. The molecule has 3 atom stereocenters. The Morgan fingerprint density at radius 3 is 2.45 bits per heavy atom. The van der Waals surface area contributed by atoms with Gasteiger partial charge in [0.05, 0.1) is 11.1 Å². The molecule has 1 saturated heterocycles. The highest BCUT2D eigenvalue weighted by molar-refractivity contribution is 6.23. The van der Waals surface area contributed by atoms with Crippen LogP contribution in [0.25, 0.3) is 0 Å². The number of nitrogens with one attached hydrogen (secondary N) is 2. The fraction of sp³-hybridized carbons (Fsp3) is 0.524. The number of rotatable bonds is 4. The Kier molecular flexibility index (Phi) is 5.12. The molecule has 8 heteroatoms. The average molecular weight is 398 g/mol. The van der Waals surface area contributed by atoms with E-state index in [-0.39, 0.29) is 24.8 Å². The first-order chi connectivity index (χ1) is 13.9. The molecule has 8 nitrogen and oxygen atoms in total. The maximum Gasteiger partial charge on any atom is 0.262 e. The molecule has 0 aromatic heterocycles. The van der Waals surface area contributed by atoms with Crippen molar-refractivity contribution in [2.24, 2.45) is 0 Å². The molecular formula is C21H26N4O4. The topological polar surface area (TPSA) is 98.8 Å². The number of piperidine rings is 1. The van der Waals surface area contributed by atoms with Crippen molar-refractivity contribution in [2.45, 2.75) is 56.7 Å². The molecule has 0 bridgehead atoms. The Bertz CT molecular complexity index is 881. The van der Waals surface area contributed by atoms with Crippen molar-refractivity contribution < 1.29 is 19.2 Å². The Morgan fingerprint density at radius 2 is 1.72 bits per heavy atom. The van der Waals surface area contributed by atoms with Crippen molar-refractivity contribution in [3.63, 3.8) is 0 Å². The lowest BCUT2D eigenvalue weighted by Crippen LogP contribution is -2.54. The predicted molar refractivity (Wildman–Crippen MR) is 106 cm³/mol. The van der Waals surface area contributed by atoms with Gasteiger partial charge in [0.15, 0.2) is 0 Å². The van der Waals surface area contributed by atoms with Crippen LogP contribution < -0.4 is 10.6 Å². The lowest BCUT2D eigenvalue weighted by atomic mass is 9.89. The van der Waals surface area contributed by atoms with Crippen molar-refractivity contribution in [2.75, 3.05) is 19.4 Å². The van der Waals surface area contributed by atoms with Gasteiger partial charge in [0.2, 0.25) is 11.8 Å². The smallest absolute Gasteiger partial charge is 0.262 e. The third-order valence-corrected chi connectivity index (χ3v) is 6.18. The van der Waals surface area contributed by atoms with Crippen LogP contribution in [0, 0.1) is 0 Å². The molecule has 3 aliphatic rings. The number of hydrogen-bond donors (Lipinski definition) is 2. The molecule has 0 spiro atoms. The van der Waals surface area contributed by atoms with Gasteiger partial charge in [0.25, 0.3) is 11.8 Å². The van der Waals surface area contributed by atoms with Crippen LogP contribution in [0.1, 0.15) is 59.2 Å². The highest BCUT2D eigenvalue weighted by Crippen LogP contribution is 2.31. The Hall–Kier alpha value is -2.74. The Morgan fingerprint density at radius 1 is 1.00 bits per heavy atom. The summed E-state index contributed by atoms with van der Waals surface area (Å²) in [5.41, 5.74) is 1.41. The Labute approximate surface area is 169 Å². The molecule has 154 valence electrons. The lowest BCUT2D eigenvalue weighted by molar-refractivity contribution is -0.136. The molecule has 0 radical (unpaired) electrons. The van der Waals surface area contributed by atoms with Crippen molar-refractivity contribution in [3.8, 4) is 0 Å². The number of anilines is 1. The van der Waals surface area contributed by atoms with E-state index in [2.05, 4.69) is 29.6 Å². The number of benzene rings is 1. The summed E-state index contributed by atoms with van der Waals surface area (Å²) < 4.78 is 0. The summed E-state index contributed by atoms with van der Waals surface area (Å²) in [5.74, 6) is -1.92. The molecule has 1 saturated carbocycles. The van der Waals surface area contributed by atoms with E-state index in [1.807, 2.05) is 6.07 Å². The van der Waals surface area contributed by atoms with Gasteiger partial charge in [-0.25, -0.2) is 0 Å². The number of fused-ring (bicyclic) bond motifs is 1. The summed E-state index contributed by atoms with van der Waals surface area (Å²) in [6, 6.07) is 4.93. The van der Waals surface area contributed by atoms with Gasteiger partial charge in [-0.2, -0.15) is 0 Å². The average Bonchev–Trinajstić information content (AvgIpc) is 2.93. The molecule has 2 N–H and O–H groups in total. The van der Waals surface area contributed by atoms with Crippen LogP contribution in [-0.4, -0.2) is 65.6 Å². The van der Waals surface area contributed by atoms with E-state index in [0.717, 1.165) is 29.8 Å². The molecule has 4 amide bonds. The third-order valence-electron chi connectivity index (χ3n) is 6.18. The van der Waals surface area contributed by atoms with Gasteiger partial charge in [0, 0.05) is 24.2 Å². The first-order valence-corrected chi connectivity index (χ1v) is 10.2. The van der Waals surface area contributed by atoms with Gasteiger partial charge < -0.3 is 10.2 Å². The van der Waals surface area contributed by atoms with Gasteiger partial charge in [0.1, 0.15) is 6.04 Å². The number of likely N-dealkylation sites (N-methyl/N-ethyl adjacent to an activating group) is 1. The first-order valence-electron chi connectivity index (χ1n) is 10.2. The summed E-state index contributed by atoms with van der Waals surface area (Å²) >= 11 is 0. The van der Waals surface area contributed by atoms with Crippen molar-refractivity contribution >= 4 is 29.3 Å². The van der Waals surface area contributed by atoms with Gasteiger partial charge in [-0.05, 0) is 51.6 Å². The molecule has 1 aromatic rings. The van der Waals surface area contributed by atoms with Crippen LogP contribution in [0.4, 0.5) is 5.69 Å². The summed E-state index contributed by atoms with van der Waals surface area (Å²) in [4.78, 5) is 52.5. The maximum absolute atomic E-state index is 13.0. The third kappa shape index (κ3) is 3.53. The summed E-state index contributed by atoms with van der Waals surface area (Å²) in [7, 11) is 4.15. The van der Waals surface area contributed by atoms with Crippen LogP contribution in [0.5, 0.6) is 0 Å². The molecular weight excluding hydrogens is 372 g/mol. The summed E-state index contributed by atoms with van der Waals surface area (Å²) in [6.07, 6.45) is 4.82. The van der Waals surface area contributed by atoms with Crippen molar-refractivity contribution in [1.29, 1.82) is 0 Å². The fourth-order valence-corrected chi connectivity index (χ4v) is 4.67. The largest absolute Gasteiger partial charge is 0.381 e. The van der Waals surface area contributed by atoms with E-state index in [1.165, 1.54) is 6.42 Å².